The molecule has 2 N–H and O–H groups in total. The van der Waals surface area contributed by atoms with Gasteiger partial charge in [-0.1, -0.05) is 0 Å². The Hall–Kier alpha value is -0.770. The van der Waals surface area contributed by atoms with Gasteiger partial charge >= 0.3 is 6.09 Å². The first kappa shape index (κ1) is 11.7. The van der Waals surface area contributed by atoms with Crippen LogP contribution in [0, 0.1) is 11.8 Å². The van der Waals surface area contributed by atoms with E-state index in [1.54, 1.807) is 0 Å². The summed E-state index contributed by atoms with van der Waals surface area (Å²) in [7, 11) is 0. The molecule has 0 aromatic rings. The Morgan fingerprint density at radius 1 is 1.31 bits per heavy atom. The Labute approximate surface area is 97.1 Å². The van der Waals surface area contributed by atoms with Crippen molar-refractivity contribution in [2.75, 3.05) is 13.1 Å². The van der Waals surface area contributed by atoms with E-state index in [2.05, 4.69) is 10.6 Å². The highest BCUT2D eigenvalue weighted by atomic mass is 16.6. The Kier molecular flexibility index (Phi) is 3.10. The van der Waals surface area contributed by atoms with Crippen LogP contribution >= 0.6 is 0 Å². The highest BCUT2D eigenvalue weighted by Gasteiger charge is 2.40. The van der Waals surface area contributed by atoms with Crippen LogP contribution in [0.5, 0.6) is 0 Å². The lowest BCUT2D eigenvalue weighted by molar-refractivity contribution is 0.0493. The number of amides is 1. The van der Waals surface area contributed by atoms with Gasteiger partial charge in [0.25, 0.3) is 0 Å². The average Bonchev–Trinajstić information content (AvgIpc) is 2.66. The second-order valence-corrected chi connectivity index (χ2v) is 5.91. The van der Waals surface area contributed by atoms with Gasteiger partial charge in [0.1, 0.15) is 5.60 Å². The van der Waals surface area contributed by atoms with Gasteiger partial charge in [-0.2, -0.15) is 0 Å². The van der Waals surface area contributed by atoms with E-state index in [4.69, 9.17) is 4.74 Å². The number of hydrogen-bond acceptors (Lipinski definition) is 3. The fourth-order valence-electron chi connectivity index (χ4n) is 2.79. The van der Waals surface area contributed by atoms with Gasteiger partial charge in [-0.05, 0) is 52.0 Å². The number of carbonyl (C=O) groups is 1. The largest absolute Gasteiger partial charge is 0.444 e. The molecule has 2 aliphatic rings. The highest BCUT2D eigenvalue weighted by Crippen LogP contribution is 2.34. The van der Waals surface area contributed by atoms with Crippen LogP contribution in [-0.2, 0) is 4.74 Å². The second kappa shape index (κ2) is 4.24. The van der Waals surface area contributed by atoms with Gasteiger partial charge in [0, 0.05) is 12.6 Å². The standard InChI is InChI=1S/C12H22N2O2/c1-12(2,3)16-11(15)14-10-5-4-8-6-13-7-9(8)10/h8-10,13H,4-7H2,1-3H3,(H,14,15). The number of hydrogen-bond donors (Lipinski definition) is 2. The minimum atomic E-state index is -0.407. The van der Waals surface area contributed by atoms with Crippen LogP contribution in [0.3, 0.4) is 0 Å². The van der Waals surface area contributed by atoms with E-state index < -0.39 is 5.60 Å². The maximum Gasteiger partial charge on any atom is 0.407 e. The summed E-state index contributed by atoms with van der Waals surface area (Å²) < 4.78 is 5.28. The maximum atomic E-state index is 11.6. The molecule has 4 nitrogen and oxygen atoms in total. The minimum Gasteiger partial charge on any atom is -0.444 e. The summed E-state index contributed by atoms with van der Waals surface area (Å²) in [5, 5.41) is 6.39. The summed E-state index contributed by atoms with van der Waals surface area (Å²) in [6.45, 7) is 7.81. The van der Waals surface area contributed by atoms with E-state index in [1.807, 2.05) is 20.8 Å². The smallest absolute Gasteiger partial charge is 0.407 e. The molecule has 1 amide bonds. The highest BCUT2D eigenvalue weighted by molar-refractivity contribution is 5.68. The number of fused-ring (bicyclic) bond motifs is 1. The van der Waals surface area contributed by atoms with E-state index in [9.17, 15) is 4.79 Å². The fraction of sp³-hybridized carbons (Fsp3) is 0.917. The number of ether oxygens (including phenoxy) is 1. The van der Waals surface area contributed by atoms with Crippen molar-refractivity contribution in [2.24, 2.45) is 11.8 Å². The number of nitrogens with one attached hydrogen (secondary N) is 2. The predicted molar refractivity (Wildman–Crippen MR) is 62.2 cm³/mol. The molecule has 0 aromatic carbocycles. The first-order valence-electron chi connectivity index (χ1n) is 6.16. The van der Waals surface area contributed by atoms with Crippen LogP contribution in [-0.4, -0.2) is 30.8 Å². The molecule has 0 bridgehead atoms. The average molecular weight is 226 g/mol. The zero-order chi connectivity index (χ0) is 11.8. The molecule has 1 aliphatic heterocycles. The van der Waals surface area contributed by atoms with Crippen molar-refractivity contribution < 1.29 is 9.53 Å². The Bertz CT molecular complexity index is 273. The third-order valence-corrected chi connectivity index (χ3v) is 3.46. The molecule has 0 spiro atoms. The van der Waals surface area contributed by atoms with Crippen LogP contribution in [0.4, 0.5) is 4.79 Å². The van der Waals surface area contributed by atoms with Crippen molar-refractivity contribution in [3.63, 3.8) is 0 Å². The molecule has 4 heteroatoms. The lowest BCUT2D eigenvalue weighted by Gasteiger charge is -2.24. The number of alkyl carbamates (subject to hydrolysis) is 1. The molecule has 2 fully saturated rings. The third kappa shape index (κ3) is 2.67. The zero-order valence-corrected chi connectivity index (χ0v) is 10.4. The van der Waals surface area contributed by atoms with Crippen LogP contribution in [0.25, 0.3) is 0 Å². The molecule has 3 unspecified atom stereocenters. The van der Waals surface area contributed by atoms with Gasteiger partial charge in [0.15, 0.2) is 0 Å². The molecule has 3 atom stereocenters. The lowest BCUT2D eigenvalue weighted by Crippen LogP contribution is -2.42. The van der Waals surface area contributed by atoms with Gasteiger partial charge in [0.05, 0.1) is 0 Å². The van der Waals surface area contributed by atoms with E-state index in [0.29, 0.717) is 12.0 Å². The molecular weight excluding hydrogens is 204 g/mol. The minimum absolute atomic E-state index is 0.273. The molecule has 92 valence electrons. The van der Waals surface area contributed by atoms with E-state index in [1.165, 1.54) is 6.42 Å². The molecule has 1 saturated carbocycles. The van der Waals surface area contributed by atoms with Crippen LogP contribution in [0.1, 0.15) is 33.6 Å². The molecule has 2 rings (SSSR count). The van der Waals surface area contributed by atoms with Crippen molar-refractivity contribution in [3.05, 3.63) is 0 Å². The van der Waals surface area contributed by atoms with E-state index in [0.717, 1.165) is 25.4 Å². The molecular formula is C12H22N2O2. The summed E-state index contributed by atoms with van der Waals surface area (Å²) in [6.07, 6.45) is 2.04. The first-order valence-corrected chi connectivity index (χ1v) is 6.16. The molecule has 16 heavy (non-hydrogen) atoms. The first-order chi connectivity index (χ1) is 7.46. The third-order valence-electron chi connectivity index (χ3n) is 3.46. The monoisotopic (exact) mass is 226 g/mol. The van der Waals surface area contributed by atoms with Crippen LogP contribution < -0.4 is 10.6 Å². The fourth-order valence-corrected chi connectivity index (χ4v) is 2.79. The molecule has 0 radical (unpaired) electrons. The number of carbonyl (C=O) groups excluding carboxylic acids is 1. The zero-order valence-electron chi connectivity index (χ0n) is 10.4. The quantitative estimate of drug-likeness (QED) is 0.712. The van der Waals surface area contributed by atoms with Gasteiger partial charge in [-0.15, -0.1) is 0 Å². The van der Waals surface area contributed by atoms with Crippen molar-refractivity contribution in [3.8, 4) is 0 Å². The Morgan fingerprint density at radius 3 is 2.75 bits per heavy atom. The van der Waals surface area contributed by atoms with Crippen molar-refractivity contribution in [2.45, 2.75) is 45.3 Å². The Balaban J connectivity index is 1.83. The topological polar surface area (TPSA) is 50.4 Å². The van der Waals surface area contributed by atoms with E-state index in [-0.39, 0.29) is 6.09 Å². The molecule has 1 saturated heterocycles. The SMILES string of the molecule is CC(C)(C)OC(=O)NC1CCC2CNCC21. The summed E-state index contributed by atoms with van der Waals surface area (Å²) in [5.41, 5.74) is -0.407. The van der Waals surface area contributed by atoms with Gasteiger partial charge < -0.3 is 15.4 Å². The van der Waals surface area contributed by atoms with Crippen LogP contribution in [0.2, 0.25) is 0 Å². The molecule has 0 aromatic heterocycles. The van der Waals surface area contributed by atoms with Gasteiger partial charge in [-0.3, -0.25) is 0 Å². The van der Waals surface area contributed by atoms with Crippen molar-refractivity contribution in [1.82, 2.24) is 10.6 Å². The summed E-state index contributed by atoms with van der Waals surface area (Å²) in [4.78, 5) is 11.6. The van der Waals surface area contributed by atoms with Gasteiger partial charge in [0.2, 0.25) is 0 Å². The normalized spacial score (nSPS) is 33.6. The summed E-state index contributed by atoms with van der Waals surface area (Å²) in [6, 6.07) is 0.301. The van der Waals surface area contributed by atoms with Crippen molar-refractivity contribution in [1.29, 1.82) is 0 Å². The van der Waals surface area contributed by atoms with Crippen molar-refractivity contribution >= 4 is 6.09 Å². The second-order valence-electron chi connectivity index (χ2n) is 5.91. The summed E-state index contributed by atoms with van der Waals surface area (Å²) >= 11 is 0. The predicted octanol–water partition coefficient (Wildman–Crippen LogP) is 1.51. The summed E-state index contributed by atoms with van der Waals surface area (Å²) in [5.74, 6) is 1.35. The maximum absolute atomic E-state index is 11.6. The lowest BCUT2D eigenvalue weighted by atomic mass is 9.98. The number of rotatable bonds is 1. The molecule has 1 heterocycles. The van der Waals surface area contributed by atoms with E-state index >= 15 is 0 Å². The Morgan fingerprint density at radius 2 is 2.06 bits per heavy atom. The van der Waals surface area contributed by atoms with Crippen LogP contribution in [0.15, 0.2) is 0 Å². The molecule has 1 aliphatic carbocycles. The van der Waals surface area contributed by atoms with Gasteiger partial charge in [-0.25, -0.2) is 4.79 Å².